The van der Waals surface area contributed by atoms with Gasteiger partial charge in [0.2, 0.25) is 6.10 Å². The summed E-state index contributed by atoms with van der Waals surface area (Å²) in [6.45, 7) is 14.5. The molecule has 0 aromatic carbocycles. The summed E-state index contributed by atoms with van der Waals surface area (Å²) < 4.78 is 35.0. The number of cyclic esters (lactones) is 1. The molecule has 1 N–H and O–H groups in total. The van der Waals surface area contributed by atoms with Crippen LogP contribution >= 0.6 is 0 Å². The van der Waals surface area contributed by atoms with E-state index in [-0.39, 0.29) is 6.42 Å². The lowest BCUT2D eigenvalue weighted by molar-refractivity contribution is -0.355. The molecule has 4 aliphatic rings. The van der Waals surface area contributed by atoms with Gasteiger partial charge in [0, 0.05) is 36.7 Å². The van der Waals surface area contributed by atoms with Crippen LogP contribution in [0.4, 0.5) is 0 Å². The predicted molar refractivity (Wildman–Crippen MR) is 144 cm³/mol. The summed E-state index contributed by atoms with van der Waals surface area (Å²) in [4.78, 5) is 51.4. The molecule has 1 aromatic heterocycles. The van der Waals surface area contributed by atoms with E-state index in [0.29, 0.717) is 24.0 Å². The van der Waals surface area contributed by atoms with Crippen molar-refractivity contribution in [3.63, 3.8) is 0 Å². The fraction of sp³-hybridized carbons (Fsp3) is 0.677. The normalized spacial score (nSPS) is 42.0. The molecule has 4 fully saturated rings. The van der Waals surface area contributed by atoms with Crippen molar-refractivity contribution in [2.24, 2.45) is 28.1 Å². The first-order valence-corrected chi connectivity index (χ1v) is 14.3. The zero-order chi connectivity index (χ0) is 31.0. The summed E-state index contributed by atoms with van der Waals surface area (Å²) in [5.41, 5.74) is -3.38. The quantitative estimate of drug-likeness (QED) is 0.306. The van der Waals surface area contributed by atoms with Crippen molar-refractivity contribution in [1.29, 1.82) is 0 Å². The van der Waals surface area contributed by atoms with Gasteiger partial charge < -0.3 is 33.2 Å². The first-order valence-electron chi connectivity index (χ1n) is 14.3. The molecule has 11 nitrogen and oxygen atoms in total. The van der Waals surface area contributed by atoms with E-state index in [9.17, 15) is 24.3 Å². The maximum atomic E-state index is 13.7. The fourth-order valence-corrected chi connectivity index (χ4v) is 8.85. The Morgan fingerprint density at radius 3 is 2.36 bits per heavy atom. The molecule has 10 atom stereocenters. The molecule has 0 unspecified atom stereocenters. The van der Waals surface area contributed by atoms with Crippen molar-refractivity contribution in [2.75, 3.05) is 7.11 Å². The van der Waals surface area contributed by atoms with Crippen LogP contribution in [0.25, 0.3) is 0 Å². The summed E-state index contributed by atoms with van der Waals surface area (Å²) in [5.74, 6) is -3.52. The molecule has 2 saturated heterocycles. The van der Waals surface area contributed by atoms with Crippen LogP contribution in [0.1, 0.15) is 72.5 Å². The zero-order valence-electron chi connectivity index (χ0n) is 25.1. The summed E-state index contributed by atoms with van der Waals surface area (Å²) in [7, 11) is 1.31. The second-order valence-corrected chi connectivity index (χ2v) is 13.2. The molecule has 230 valence electrons. The van der Waals surface area contributed by atoms with Crippen LogP contribution < -0.4 is 0 Å². The standard InChI is InChI=1S/C31H40O11/c1-15-19-9-11-29(6)24(18-10-12-38-14-18)41-27(36)26(40-17(3)33)31(15,29)42-25-22(39-16(2)32)23(35)28(4,5)20(30(19,25)7)13-21(34)37-8/h10,12,14,19-20,22-26,35H,1,9,11,13H2,2-8H3/t19-,20-,22-,23+,24-,25-,26+,29-,30+,31+/m0/s1. The summed E-state index contributed by atoms with van der Waals surface area (Å²) in [6, 6.07) is 1.70. The highest BCUT2D eigenvalue weighted by molar-refractivity contribution is 5.83. The molecule has 42 heavy (non-hydrogen) atoms. The van der Waals surface area contributed by atoms with E-state index in [1.165, 1.54) is 33.5 Å². The topological polar surface area (TPSA) is 148 Å². The largest absolute Gasteiger partial charge is 0.472 e. The van der Waals surface area contributed by atoms with E-state index in [1.54, 1.807) is 6.07 Å². The summed E-state index contributed by atoms with van der Waals surface area (Å²) in [5, 5.41) is 11.8. The first-order chi connectivity index (χ1) is 19.6. The molecular weight excluding hydrogens is 548 g/mol. The Bertz CT molecular complexity index is 1300. The highest BCUT2D eigenvalue weighted by Gasteiger charge is 2.79. The molecule has 1 aromatic rings. The number of carbonyl (C=O) groups excluding carboxylic acids is 4. The Labute approximate surface area is 244 Å². The number of ether oxygens (including phenoxy) is 5. The van der Waals surface area contributed by atoms with Crippen molar-refractivity contribution >= 4 is 23.9 Å². The monoisotopic (exact) mass is 588 g/mol. The molecule has 2 saturated carbocycles. The van der Waals surface area contributed by atoms with Crippen LogP contribution in [0.3, 0.4) is 0 Å². The number of carbonyl (C=O) groups is 4. The highest BCUT2D eigenvalue weighted by Crippen LogP contribution is 2.72. The zero-order valence-corrected chi connectivity index (χ0v) is 25.1. The third-order valence-corrected chi connectivity index (χ3v) is 10.8. The van der Waals surface area contributed by atoms with Gasteiger partial charge in [0.05, 0.1) is 25.7 Å². The van der Waals surface area contributed by atoms with Crippen LogP contribution in [-0.2, 0) is 42.9 Å². The van der Waals surface area contributed by atoms with Gasteiger partial charge in [-0.25, -0.2) is 4.79 Å². The number of methoxy groups -OCH3 is 1. The van der Waals surface area contributed by atoms with Crippen LogP contribution in [0.5, 0.6) is 0 Å². The van der Waals surface area contributed by atoms with Crippen molar-refractivity contribution in [2.45, 2.75) is 96.9 Å². The Hall–Kier alpha value is -3.18. The van der Waals surface area contributed by atoms with Gasteiger partial charge in [-0.15, -0.1) is 0 Å². The molecular formula is C31H40O11. The lowest BCUT2D eigenvalue weighted by Gasteiger charge is -2.72. The molecule has 2 aliphatic heterocycles. The van der Waals surface area contributed by atoms with Gasteiger partial charge in [0.25, 0.3) is 0 Å². The average Bonchev–Trinajstić information content (AvgIpc) is 3.44. The van der Waals surface area contributed by atoms with E-state index >= 15 is 0 Å². The van der Waals surface area contributed by atoms with Crippen LogP contribution in [0.15, 0.2) is 35.2 Å². The second-order valence-electron chi connectivity index (χ2n) is 13.2. The van der Waals surface area contributed by atoms with Crippen molar-refractivity contribution in [3.8, 4) is 0 Å². The van der Waals surface area contributed by atoms with E-state index in [2.05, 4.69) is 6.58 Å². The molecule has 0 amide bonds. The SMILES string of the molecule is C=C1[C@@H]2CC[C@@]3(C)[C@H](c4ccoc4)OC(=O)[C@@H](OC(C)=O)[C@]13O[C@H]1[C@@H](OC(C)=O)[C@@H](O)C(C)(C)[C@H](CC(=O)OC)[C@@]21C. The minimum Gasteiger partial charge on any atom is -0.472 e. The number of aliphatic hydroxyl groups excluding tert-OH is 1. The van der Waals surface area contributed by atoms with Gasteiger partial charge in [-0.3, -0.25) is 14.4 Å². The fourth-order valence-electron chi connectivity index (χ4n) is 8.85. The second kappa shape index (κ2) is 9.94. The third-order valence-electron chi connectivity index (χ3n) is 10.8. The van der Waals surface area contributed by atoms with Gasteiger partial charge in [0.15, 0.2) is 6.10 Å². The van der Waals surface area contributed by atoms with E-state index in [0.717, 1.165) is 0 Å². The molecule has 2 aliphatic carbocycles. The average molecular weight is 589 g/mol. The number of hydrogen-bond acceptors (Lipinski definition) is 11. The Morgan fingerprint density at radius 2 is 1.79 bits per heavy atom. The number of aliphatic hydroxyl groups is 1. The van der Waals surface area contributed by atoms with Gasteiger partial charge in [0.1, 0.15) is 17.8 Å². The minimum atomic E-state index is -1.63. The Balaban J connectivity index is 1.76. The maximum absolute atomic E-state index is 13.7. The number of fused-ring (bicyclic) bond motifs is 3. The molecule has 1 spiro atoms. The van der Waals surface area contributed by atoms with Gasteiger partial charge >= 0.3 is 23.9 Å². The lowest BCUT2D eigenvalue weighted by atomic mass is 9.40. The van der Waals surface area contributed by atoms with E-state index < -0.39 is 88.1 Å². The van der Waals surface area contributed by atoms with Crippen LogP contribution in [0.2, 0.25) is 0 Å². The van der Waals surface area contributed by atoms with Crippen LogP contribution in [0, 0.1) is 28.1 Å². The number of rotatable bonds is 5. The van der Waals surface area contributed by atoms with Crippen molar-refractivity contribution < 1.29 is 52.4 Å². The van der Waals surface area contributed by atoms with Gasteiger partial charge in [-0.2, -0.15) is 0 Å². The van der Waals surface area contributed by atoms with Gasteiger partial charge in [-0.05, 0) is 41.7 Å². The number of esters is 4. The molecule has 0 radical (unpaired) electrons. The van der Waals surface area contributed by atoms with E-state index in [4.69, 9.17) is 28.1 Å². The molecule has 5 rings (SSSR count). The Kier molecular flexibility index (Phi) is 7.17. The number of furan rings is 1. The predicted octanol–water partition coefficient (Wildman–Crippen LogP) is 3.44. The summed E-state index contributed by atoms with van der Waals surface area (Å²) >= 11 is 0. The third kappa shape index (κ3) is 3.92. The molecule has 11 heteroatoms. The van der Waals surface area contributed by atoms with E-state index in [1.807, 2.05) is 27.7 Å². The maximum Gasteiger partial charge on any atom is 0.351 e. The van der Waals surface area contributed by atoms with Crippen molar-refractivity contribution in [1.82, 2.24) is 0 Å². The van der Waals surface area contributed by atoms with Crippen LogP contribution in [-0.4, -0.2) is 66.1 Å². The molecule has 3 heterocycles. The minimum absolute atomic E-state index is 0.0369. The van der Waals surface area contributed by atoms with Gasteiger partial charge in [-0.1, -0.05) is 34.3 Å². The first kappa shape index (κ1) is 30.3. The highest BCUT2D eigenvalue weighted by atomic mass is 16.6. The Morgan fingerprint density at radius 1 is 1.12 bits per heavy atom. The molecule has 2 bridgehead atoms. The lowest BCUT2D eigenvalue weighted by Crippen LogP contribution is -2.80. The smallest absolute Gasteiger partial charge is 0.351 e. The van der Waals surface area contributed by atoms with Crippen molar-refractivity contribution in [3.05, 3.63) is 36.3 Å². The summed E-state index contributed by atoms with van der Waals surface area (Å²) in [6.07, 6.45) is -1.88. The number of hydrogen-bond donors (Lipinski definition) is 1.